The Morgan fingerprint density at radius 2 is 0.750 bits per heavy atom. The predicted molar refractivity (Wildman–Crippen MR) is 238 cm³/mol. The number of nitrogens with one attached hydrogen (secondary N) is 2. The van der Waals surface area contributed by atoms with Gasteiger partial charge in [-0.1, -0.05) is 6.07 Å². The third kappa shape index (κ3) is 7.93. The number of hydrogen-bond donors (Lipinski definition) is 5. The summed E-state index contributed by atoms with van der Waals surface area (Å²) < 4.78 is 8.65. The van der Waals surface area contributed by atoms with E-state index in [0.29, 0.717) is 19.6 Å². The molecule has 0 saturated heterocycles. The molecule has 9 rings (SSSR count). The molecule has 11 nitrogen and oxygen atoms in total. The molecule has 60 heavy (non-hydrogen) atoms. The van der Waals surface area contributed by atoms with E-state index in [1.807, 2.05) is 18.2 Å². The zero-order chi connectivity index (χ0) is 40.8. The Morgan fingerprint density at radius 1 is 0.400 bits per heavy atom. The van der Waals surface area contributed by atoms with Crippen molar-refractivity contribution in [3.8, 4) is 39.1 Å². The van der Waals surface area contributed by atoms with Gasteiger partial charge in [-0.05, 0) is 84.9 Å². The molecule has 298 valence electrons. The first-order valence-electron chi connectivity index (χ1n) is 20.8. The normalized spacial score (nSPS) is 12.1. The summed E-state index contributed by atoms with van der Waals surface area (Å²) in [5.74, 6) is 0. The second kappa shape index (κ2) is 17.5. The van der Waals surface area contributed by atoms with Gasteiger partial charge in [-0.25, -0.2) is 23.7 Å². The highest BCUT2D eigenvalue weighted by molar-refractivity contribution is 5.99. The SMILES string of the molecule is NCCC[n+]1ccc(-c2c3nc(c(-[n+]4ccccc4)c4nc(c(-c5cc[n+](CCCN)cc5)c5ccc([nH]5)c(-c5cc[n+](CCCN)cc5)c5ccc2[nH]5)C=C4)C=C3)cc1. The van der Waals surface area contributed by atoms with Crippen LogP contribution in [0.4, 0.5) is 0 Å². The molecule has 0 atom stereocenters. The maximum absolute atomic E-state index is 5.86. The zero-order valence-electron chi connectivity index (χ0n) is 33.7. The number of aromatic nitrogens is 8. The first-order chi connectivity index (χ1) is 29.6. The van der Waals surface area contributed by atoms with Crippen LogP contribution >= 0.6 is 0 Å². The Labute approximate surface area is 349 Å². The van der Waals surface area contributed by atoms with Crippen LogP contribution in [0, 0.1) is 0 Å². The zero-order valence-corrected chi connectivity index (χ0v) is 33.7. The lowest BCUT2D eigenvalue weighted by Gasteiger charge is -2.06. The van der Waals surface area contributed by atoms with Crippen LogP contribution in [0.25, 0.3) is 85.4 Å². The van der Waals surface area contributed by atoms with Gasteiger partial charge >= 0.3 is 0 Å². The van der Waals surface area contributed by atoms with Gasteiger partial charge in [-0.3, -0.25) is 0 Å². The molecular weight excluding hydrogens is 743 g/mol. The lowest BCUT2D eigenvalue weighted by molar-refractivity contribution is -0.697. The van der Waals surface area contributed by atoms with Crippen LogP contribution < -0.4 is 35.5 Å². The second-order valence-electron chi connectivity index (χ2n) is 15.2. The van der Waals surface area contributed by atoms with Gasteiger partial charge in [0, 0.05) is 107 Å². The van der Waals surface area contributed by atoms with E-state index in [4.69, 9.17) is 27.2 Å². The summed E-state index contributed by atoms with van der Waals surface area (Å²) in [6, 6.07) is 27.8. The predicted octanol–water partition coefficient (Wildman–Crippen LogP) is 5.84. The molecule has 0 aromatic carbocycles. The fourth-order valence-electron chi connectivity index (χ4n) is 8.06. The highest BCUT2D eigenvalue weighted by atomic mass is 15.0. The Hall–Kier alpha value is -6.92. The number of H-pyrrole nitrogens is 2. The Balaban J connectivity index is 1.37. The summed E-state index contributed by atoms with van der Waals surface area (Å²) >= 11 is 0. The van der Waals surface area contributed by atoms with E-state index in [1.54, 1.807) is 0 Å². The van der Waals surface area contributed by atoms with E-state index in [1.165, 1.54) is 0 Å². The Kier molecular flexibility index (Phi) is 11.3. The quantitative estimate of drug-likeness (QED) is 0.0930. The molecule has 7 aromatic heterocycles. The molecular formula is C49H51N11+4. The van der Waals surface area contributed by atoms with Crippen LogP contribution in [-0.4, -0.2) is 39.6 Å². The van der Waals surface area contributed by atoms with Crippen LogP contribution in [0.1, 0.15) is 42.0 Å². The number of aryl methyl sites for hydroxylation is 3. The van der Waals surface area contributed by atoms with Gasteiger partial charge in [0.15, 0.2) is 49.6 Å². The molecule has 0 amide bonds. The van der Waals surface area contributed by atoms with Crippen molar-refractivity contribution in [2.24, 2.45) is 17.2 Å². The van der Waals surface area contributed by atoms with Crippen LogP contribution in [-0.2, 0) is 19.6 Å². The van der Waals surface area contributed by atoms with E-state index in [9.17, 15) is 0 Å². The lowest BCUT2D eigenvalue weighted by atomic mass is 10.1. The molecule has 8 bridgehead atoms. The van der Waals surface area contributed by atoms with Crippen molar-refractivity contribution in [2.45, 2.75) is 38.9 Å². The number of fused-ring (bicyclic) bond motifs is 8. The molecule has 0 radical (unpaired) electrons. The maximum atomic E-state index is 5.86. The molecule has 0 spiro atoms. The van der Waals surface area contributed by atoms with Crippen molar-refractivity contribution >= 4 is 46.4 Å². The molecule has 2 aliphatic heterocycles. The summed E-state index contributed by atoms with van der Waals surface area (Å²) in [6.45, 7) is 4.52. The van der Waals surface area contributed by atoms with Gasteiger partial charge in [0.2, 0.25) is 0 Å². The first-order valence-corrected chi connectivity index (χ1v) is 20.8. The Bertz CT molecular complexity index is 2700. The summed E-state index contributed by atoms with van der Waals surface area (Å²) in [6.07, 6.45) is 28.0. The fourth-order valence-corrected chi connectivity index (χ4v) is 8.06. The van der Waals surface area contributed by atoms with Crippen molar-refractivity contribution < 1.29 is 18.3 Å². The fraction of sp³-hybridized carbons (Fsp3) is 0.184. The first kappa shape index (κ1) is 38.6. The van der Waals surface area contributed by atoms with Crippen molar-refractivity contribution in [1.29, 1.82) is 0 Å². The number of rotatable bonds is 13. The van der Waals surface area contributed by atoms with E-state index in [-0.39, 0.29) is 0 Å². The highest BCUT2D eigenvalue weighted by Gasteiger charge is 2.24. The van der Waals surface area contributed by atoms with Gasteiger partial charge in [0.05, 0.1) is 11.4 Å². The minimum atomic E-state index is 0.646. The summed E-state index contributed by atoms with van der Waals surface area (Å²) in [7, 11) is 0. The third-order valence-electron chi connectivity index (χ3n) is 11.1. The molecule has 9 heterocycles. The minimum Gasteiger partial charge on any atom is -0.354 e. The van der Waals surface area contributed by atoms with Crippen molar-refractivity contribution in [2.75, 3.05) is 19.6 Å². The van der Waals surface area contributed by atoms with Gasteiger partial charge in [-0.2, -0.15) is 4.57 Å². The molecule has 8 N–H and O–H groups in total. The average molecular weight is 794 g/mol. The summed E-state index contributed by atoms with van der Waals surface area (Å²) in [5, 5.41) is 0. The largest absolute Gasteiger partial charge is 0.354 e. The van der Waals surface area contributed by atoms with Crippen LogP contribution in [0.15, 0.2) is 128 Å². The molecule has 2 aliphatic rings. The summed E-state index contributed by atoms with van der Waals surface area (Å²) in [4.78, 5) is 18.6. The standard InChI is InChI=1S/C49H50N11/c50-21-4-24-57-29-15-35(16-30-57)46-38-7-9-40(53-38)47(36-17-31-58(32-18-36)25-5-22-51)42-11-13-44(55-42)49(60-27-2-1-3-28-60)45-14-12-43(56-45)48(41-10-8-39(46)54-41)37-19-33-59(34-20-37)26-6-23-52/h1-3,7-20,27-34H,4-6,21-26,50-52H2,(H,53,54,55,56)/q+3/p+1. The lowest BCUT2D eigenvalue weighted by Crippen LogP contribution is -2.33. The van der Waals surface area contributed by atoms with E-state index in [0.717, 1.165) is 123 Å². The van der Waals surface area contributed by atoms with Crippen molar-refractivity contribution in [3.63, 3.8) is 0 Å². The van der Waals surface area contributed by atoms with Crippen LogP contribution in [0.5, 0.6) is 0 Å². The maximum Gasteiger partial charge on any atom is 0.262 e. The average Bonchev–Trinajstić information content (AvgIpc) is 4.14. The summed E-state index contributed by atoms with van der Waals surface area (Å²) in [5.41, 5.74) is 31.9. The van der Waals surface area contributed by atoms with E-state index >= 15 is 0 Å². The van der Waals surface area contributed by atoms with Crippen LogP contribution in [0.3, 0.4) is 0 Å². The topological polar surface area (TPSA) is 151 Å². The number of pyridine rings is 4. The molecule has 0 aliphatic carbocycles. The number of aromatic amines is 2. The molecule has 0 fully saturated rings. The van der Waals surface area contributed by atoms with Crippen molar-refractivity contribution in [1.82, 2.24) is 19.9 Å². The smallest absolute Gasteiger partial charge is 0.262 e. The van der Waals surface area contributed by atoms with Gasteiger partial charge in [-0.15, -0.1) is 0 Å². The Morgan fingerprint density at radius 3 is 1.13 bits per heavy atom. The van der Waals surface area contributed by atoms with Crippen molar-refractivity contribution in [3.05, 3.63) is 151 Å². The number of nitrogens with zero attached hydrogens (tertiary/aromatic N) is 6. The minimum absolute atomic E-state index is 0.646. The monoisotopic (exact) mass is 793 g/mol. The molecule has 11 heteroatoms. The van der Waals surface area contributed by atoms with Gasteiger partial charge in [0.1, 0.15) is 31.0 Å². The number of hydrogen-bond acceptors (Lipinski definition) is 5. The molecule has 7 aromatic rings. The van der Waals surface area contributed by atoms with Crippen LogP contribution in [0.2, 0.25) is 0 Å². The molecule has 0 unspecified atom stereocenters. The van der Waals surface area contributed by atoms with E-state index in [2.05, 4.69) is 163 Å². The van der Waals surface area contributed by atoms with E-state index < -0.39 is 0 Å². The number of nitrogens with two attached hydrogens (primary N) is 3. The highest BCUT2D eigenvalue weighted by Crippen LogP contribution is 2.36. The molecule has 0 saturated carbocycles. The van der Waals surface area contributed by atoms with Gasteiger partial charge in [0.25, 0.3) is 5.69 Å². The second-order valence-corrected chi connectivity index (χ2v) is 15.2. The third-order valence-corrected chi connectivity index (χ3v) is 11.1. The van der Waals surface area contributed by atoms with Gasteiger partial charge < -0.3 is 27.2 Å².